The Morgan fingerprint density at radius 2 is 1.95 bits per heavy atom. The number of carbonyl (C=O) groups excluding carboxylic acids is 1. The summed E-state index contributed by atoms with van der Waals surface area (Å²) >= 11 is 3.38. The minimum absolute atomic E-state index is 0.0520. The quantitative estimate of drug-likeness (QED) is 0.763. The predicted molar refractivity (Wildman–Crippen MR) is 87.4 cm³/mol. The summed E-state index contributed by atoms with van der Waals surface area (Å²) in [6, 6.07) is 7.52. The van der Waals surface area contributed by atoms with E-state index in [0.29, 0.717) is 5.75 Å². The molecule has 21 heavy (non-hydrogen) atoms. The summed E-state index contributed by atoms with van der Waals surface area (Å²) in [7, 11) is 0. The second-order valence-electron chi connectivity index (χ2n) is 5.13. The fraction of sp³-hybridized carbons (Fsp3) is 0.438. The second-order valence-corrected chi connectivity index (χ2v) is 6.04. The van der Waals surface area contributed by atoms with E-state index in [9.17, 15) is 4.79 Å². The van der Waals surface area contributed by atoms with Gasteiger partial charge in [-0.15, -0.1) is 6.58 Å². The van der Waals surface area contributed by atoms with Gasteiger partial charge >= 0.3 is 0 Å². The fourth-order valence-corrected chi connectivity index (χ4v) is 2.62. The van der Waals surface area contributed by atoms with E-state index in [4.69, 9.17) is 4.74 Å². The molecule has 0 radical (unpaired) electrons. The van der Waals surface area contributed by atoms with Gasteiger partial charge in [0, 0.05) is 37.2 Å². The molecule has 0 saturated carbocycles. The first-order valence-electron chi connectivity index (χ1n) is 7.14. The van der Waals surface area contributed by atoms with Gasteiger partial charge in [-0.25, -0.2) is 0 Å². The molecule has 2 rings (SSSR count). The van der Waals surface area contributed by atoms with E-state index in [0.717, 1.165) is 37.2 Å². The maximum absolute atomic E-state index is 12.4. The highest BCUT2D eigenvalue weighted by atomic mass is 79.9. The Bertz CT molecular complexity index is 482. The number of carbonyl (C=O) groups is 1. The van der Waals surface area contributed by atoms with Gasteiger partial charge in [-0.2, -0.15) is 0 Å². The molecule has 1 aliphatic rings. The number of nitrogens with zero attached hydrogens (tertiary/aromatic N) is 2. The summed E-state index contributed by atoms with van der Waals surface area (Å²) in [5.74, 6) is 0.764. The number of hydrogen-bond donors (Lipinski definition) is 0. The Balaban J connectivity index is 1.85. The maximum Gasteiger partial charge on any atom is 0.263 e. The molecule has 5 heteroatoms. The van der Waals surface area contributed by atoms with E-state index < -0.39 is 6.10 Å². The number of ether oxygens (including phenoxy) is 1. The van der Waals surface area contributed by atoms with Gasteiger partial charge in [-0.05, 0) is 31.2 Å². The van der Waals surface area contributed by atoms with Gasteiger partial charge in [0.1, 0.15) is 5.75 Å². The second kappa shape index (κ2) is 7.61. The highest BCUT2D eigenvalue weighted by Crippen LogP contribution is 2.18. The van der Waals surface area contributed by atoms with Gasteiger partial charge < -0.3 is 9.64 Å². The molecule has 0 spiro atoms. The molecule has 0 N–H and O–H groups in total. The molecule has 1 amide bonds. The Labute approximate surface area is 134 Å². The fourth-order valence-electron chi connectivity index (χ4n) is 2.36. The van der Waals surface area contributed by atoms with Crippen LogP contribution in [0.15, 0.2) is 41.4 Å². The molecule has 1 aliphatic heterocycles. The van der Waals surface area contributed by atoms with Gasteiger partial charge in [-0.1, -0.05) is 22.0 Å². The van der Waals surface area contributed by atoms with E-state index in [1.165, 1.54) is 0 Å². The third kappa shape index (κ3) is 4.58. The molecule has 0 aromatic heterocycles. The number of benzene rings is 1. The van der Waals surface area contributed by atoms with Crippen LogP contribution >= 0.6 is 15.9 Å². The summed E-state index contributed by atoms with van der Waals surface area (Å²) in [5.41, 5.74) is 0. The average Bonchev–Trinajstić information content (AvgIpc) is 2.50. The molecule has 0 aliphatic carbocycles. The Morgan fingerprint density at radius 3 is 2.52 bits per heavy atom. The first-order valence-corrected chi connectivity index (χ1v) is 7.93. The molecule has 1 atom stereocenters. The first-order chi connectivity index (χ1) is 10.1. The van der Waals surface area contributed by atoms with Crippen LogP contribution in [0.1, 0.15) is 6.92 Å². The molecule has 1 fully saturated rings. The summed E-state index contributed by atoms with van der Waals surface area (Å²) in [6.45, 7) is 9.72. The third-order valence-electron chi connectivity index (χ3n) is 3.55. The van der Waals surface area contributed by atoms with E-state index >= 15 is 0 Å². The lowest BCUT2D eigenvalue weighted by Crippen LogP contribution is -2.51. The highest BCUT2D eigenvalue weighted by molar-refractivity contribution is 9.10. The lowest BCUT2D eigenvalue weighted by molar-refractivity contribution is -0.139. The molecule has 1 unspecified atom stereocenters. The summed E-state index contributed by atoms with van der Waals surface area (Å²) in [4.78, 5) is 16.6. The first kappa shape index (κ1) is 16.0. The van der Waals surface area contributed by atoms with Crippen molar-refractivity contribution < 1.29 is 9.53 Å². The van der Waals surface area contributed by atoms with Crippen molar-refractivity contribution in [2.75, 3.05) is 32.7 Å². The van der Waals surface area contributed by atoms with Gasteiger partial charge in [0.25, 0.3) is 5.91 Å². The van der Waals surface area contributed by atoms with Crippen molar-refractivity contribution in [2.24, 2.45) is 0 Å². The van der Waals surface area contributed by atoms with Crippen molar-refractivity contribution in [3.05, 3.63) is 41.4 Å². The van der Waals surface area contributed by atoms with Crippen LogP contribution in [0.2, 0.25) is 0 Å². The van der Waals surface area contributed by atoms with Crippen LogP contribution in [0, 0.1) is 0 Å². The Morgan fingerprint density at radius 1 is 1.33 bits per heavy atom. The zero-order chi connectivity index (χ0) is 15.2. The van der Waals surface area contributed by atoms with Gasteiger partial charge in [0.15, 0.2) is 6.10 Å². The van der Waals surface area contributed by atoms with Crippen LogP contribution in [0.5, 0.6) is 5.75 Å². The van der Waals surface area contributed by atoms with Crippen molar-refractivity contribution >= 4 is 21.8 Å². The number of rotatable bonds is 5. The molecule has 1 aromatic carbocycles. The van der Waals surface area contributed by atoms with Crippen LogP contribution in [-0.2, 0) is 4.79 Å². The van der Waals surface area contributed by atoms with Crippen LogP contribution in [0.3, 0.4) is 0 Å². The zero-order valence-corrected chi connectivity index (χ0v) is 13.9. The molecule has 114 valence electrons. The number of amides is 1. The maximum atomic E-state index is 12.4. The Hall–Kier alpha value is -1.33. The summed E-state index contributed by atoms with van der Waals surface area (Å²) in [6.07, 6.45) is 1.44. The van der Waals surface area contributed by atoms with Crippen molar-refractivity contribution in [3.63, 3.8) is 0 Å². The molecule has 4 nitrogen and oxygen atoms in total. The molecule has 1 aromatic rings. The van der Waals surface area contributed by atoms with Crippen LogP contribution in [-0.4, -0.2) is 54.5 Å². The summed E-state index contributed by atoms with van der Waals surface area (Å²) in [5, 5.41) is 0. The number of hydrogen-bond acceptors (Lipinski definition) is 3. The van der Waals surface area contributed by atoms with Crippen LogP contribution in [0.4, 0.5) is 0 Å². The van der Waals surface area contributed by atoms with E-state index in [1.54, 1.807) is 6.92 Å². The van der Waals surface area contributed by atoms with E-state index in [-0.39, 0.29) is 5.91 Å². The van der Waals surface area contributed by atoms with Crippen molar-refractivity contribution in [1.82, 2.24) is 9.80 Å². The molecular weight excluding hydrogens is 332 g/mol. The lowest BCUT2D eigenvalue weighted by atomic mass is 10.2. The standard InChI is InChI=1S/C16H21BrN2O2/c1-3-8-18-9-11-19(12-10-18)16(20)13(2)21-15-6-4-14(17)5-7-15/h3-7,13H,1,8-12H2,2H3. The smallest absolute Gasteiger partial charge is 0.263 e. The van der Waals surface area contributed by atoms with Gasteiger partial charge in [-0.3, -0.25) is 9.69 Å². The minimum Gasteiger partial charge on any atom is -0.481 e. The third-order valence-corrected chi connectivity index (χ3v) is 4.07. The topological polar surface area (TPSA) is 32.8 Å². The van der Waals surface area contributed by atoms with Gasteiger partial charge in [0.2, 0.25) is 0 Å². The van der Waals surface area contributed by atoms with E-state index in [1.807, 2.05) is 35.2 Å². The van der Waals surface area contributed by atoms with Crippen molar-refractivity contribution in [1.29, 1.82) is 0 Å². The SMILES string of the molecule is C=CCN1CCN(C(=O)C(C)Oc2ccc(Br)cc2)CC1. The number of halogens is 1. The molecule has 1 heterocycles. The predicted octanol–water partition coefficient (Wildman–Crippen LogP) is 2.55. The van der Waals surface area contributed by atoms with Gasteiger partial charge in [0.05, 0.1) is 0 Å². The Kier molecular flexibility index (Phi) is 5.82. The van der Waals surface area contributed by atoms with Crippen molar-refractivity contribution in [3.8, 4) is 5.75 Å². The number of piperazine rings is 1. The zero-order valence-electron chi connectivity index (χ0n) is 12.3. The van der Waals surface area contributed by atoms with Crippen LogP contribution < -0.4 is 4.74 Å². The molecule has 1 saturated heterocycles. The minimum atomic E-state index is -0.461. The molecule has 0 bridgehead atoms. The normalized spacial score (nSPS) is 17.3. The highest BCUT2D eigenvalue weighted by Gasteiger charge is 2.25. The lowest BCUT2D eigenvalue weighted by Gasteiger charge is -2.35. The monoisotopic (exact) mass is 352 g/mol. The molecular formula is C16H21BrN2O2. The van der Waals surface area contributed by atoms with Crippen molar-refractivity contribution in [2.45, 2.75) is 13.0 Å². The van der Waals surface area contributed by atoms with E-state index in [2.05, 4.69) is 27.4 Å². The average molecular weight is 353 g/mol. The summed E-state index contributed by atoms with van der Waals surface area (Å²) < 4.78 is 6.71. The van der Waals surface area contributed by atoms with Crippen LogP contribution in [0.25, 0.3) is 0 Å². The largest absolute Gasteiger partial charge is 0.481 e.